The molecule has 1 fully saturated rings. The average Bonchev–Trinajstić information content (AvgIpc) is 3.06. The van der Waals surface area contributed by atoms with E-state index < -0.39 is 0 Å². The molecule has 27 heavy (non-hydrogen) atoms. The maximum absolute atomic E-state index is 13.3. The number of piperidine rings is 1. The molecule has 4 rings (SSSR count). The lowest BCUT2D eigenvalue weighted by atomic mass is 10.1. The van der Waals surface area contributed by atoms with Crippen molar-refractivity contribution in [1.29, 1.82) is 0 Å². The van der Waals surface area contributed by atoms with Crippen LogP contribution in [0, 0.1) is 5.82 Å². The molecule has 6 heteroatoms. The zero-order valence-corrected chi connectivity index (χ0v) is 15.6. The van der Waals surface area contributed by atoms with Crippen LogP contribution in [0.1, 0.15) is 18.4 Å². The van der Waals surface area contributed by atoms with Crippen molar-refractivity contribution in [2.75, 3.05) is 13.1 Å². The number of aliphatic hydroxyl groups excluding tert-OH is 1. The van der Waals surface area contributed by atoms with E-state index >= 15 is 0 Å². The van der Waals surface area contributed by atoms with E-state index in [2.05, 4.69) is 4.90 Å². The summed E-state index contributed by atoms with van der Waals surface area (Å²) in [5.74, 6) is -0.278. The van der Waals surface area contributed by atoms with Crippen molar-refractivity contribution < 1.29 is 9.50 Å². The highest BCUT2D eigenvalue weighted by Gasteiger charge is 2.21. The van der Waals surface area contributed by atoms with Gasteiger partial charge in [0.05, 0.1) is 22.5 Å². The first-order valence-corrected chi connectivity index (χ1v) is 9.48. The molecule has 1 aliphatic heterocycles. The Morgan fingerprint density at radius 3 is 2.67 bits per heavy atom. The Balaban J connectivity index is 1.73. The standard InChI is InChI=1S/C21H21ClFN3O/c22-20-6-2-1-5-19(20)21-15(12-25-11-3-4-18(27)14-25)13-26(24-21)17-9-7-16(23)8-10-17/h1-2,5-10,13,18,27H,3-4,11-12,14H2/t18-/m1/s1. The van der Waals surface area contributed by atoms with Crippen LogP contribution in [0.5, 0.6) is 0 Å². The summed E-state index contributed by atoms with van der Waals surface area (Å²) in [6.07, 6.45) is 3.51. The highest BCUT2D eigenvalue weighted by Crippen LogP contribution is 2.31. The molecule has 2 aromatic carbocycles. The van der Waals surface area contributed by atoms with E-state index in [4.69, 9.17) is 16.7 Å². The molecule has 0 spiro atoms. The van der Waals surface area contributed by atoms with Crippen LogP contribution in [0.3, 0.4) is 0 Å². The second kappa shape index (κ2) is 7.80. The van der Waals surface area contributed by atoms with Crippen molar-refractivity contribution in [3.05, 3.63) is 71.1 Å². The van der Waals surface area contributed by atoms with Crippen LogP contribution >= 0.6 is 11.6 Å². The molecule has 1 N–H and O–H groups in total. The predicted molar refractivity (Wildman–Crippen MR) is 104 cm³/mol. The van der Waals surface area contributed by atoms with Crippen LogP contribution in [0.4, 0.5) is 4.39 Å². The van der Waals surface area contributed by atoms with E-state index in [1.165, 1.54) is 12.1 Å². The topological polar surface area (TPSA) is 41.3 Å². The van der Waals surface area contributed by atoms with Gasteiger partial charge in [0.1, 0.15) is 5.82 Å². The lowest BCUT2D eigenvalue weighted by Gasteiger charge is -2.29. The normalized spacial score (nSPS) is 18.0. The second-order valence-electron chi connectivity index (χ2n) is 6.93. The highest BCUT2D eigenvalue weighted by atomic mass is 35.5. The molecule has 1 aliphatic rings. The van der Waals surface area contributed by atoms with Gasteiger partial charge in [-0.15, -0.1) is 0 Å². The van der Waals surface area contributed by atoms with Gasteiger partial charge in [-0.2, -0.15) is 5.10 Å². The number of halogens is 2. The van der Waals surface area contributed by atoms with E-state index in [-0.39, 0.29) is 11.9 Å². The summed E-state index contributed by atoms with van der Waals surface area (Å²) in [5.41, 5.74) is 3.49. The van der Waals surface area contributed by atoms with Crippen LogP contribution in [0.25, 0.3) is 16.9 Å². The van der Waals surface area contributed by atoms with Gasteiger partial charge in [-0.25, -0.2) is 9.07 Å². The Labute approximate surface area is 162 Å². The van der Waals surface area contributed by atoms with Crippen LogP contribution in [0.2, 0.25) is 5.02 Å². The number of hydrogen-bond acceptors (Lipinski definition) is 3. The van der Waals surface area contributed by atoms with Crippen LogP contribution in [-0.2, 0) is 6.54 Å². The minimum atomic E-state index is -0.283. The Morgan fingerprint density at radius 2 is 1.93 bits per heavy atom. The molecule has 0 aliphatic carbocycles. The van der Waals surface area contributed by atoms with Gasteiger partial charge < -0.3 is 5.11 Å². The lowest BCUT2D eigenvalue weighted by molar-refractivity contribution is 0.0669. The van der Waals surface area contributed by atoms with Crippen molar-refractivity contribution in [2.45, 2.75) is 25.5 Å². The minimum absolute atomic E-state index is 0.278. The molecule has 0 bridgehead atoms. The maximum Gasteiger partial charge on any atom is 0.123 e. The van der Waals surface area contributed by atoms with Crippen molar-refractivity contribution in [3.8, 4) is 16.9 Å². The molecule has 1 saturated heterocycles. The Morgan fingerprint density at radius 1 is 1.15 bits per heavy atom. The van der Waals surface area contributed by atoms with Gasteiger partial charge >= 0.3 is 0 Å². The Bertz CT molecular complexity index is 925. The van der Waals surface area contributed by atoms with E-state index in [9.17, 15) is 9.50 Å². The SMILES string of the molecule is O[C@@H]1CCCN(Cc2cn(-c3ccc(F)cc3)nc2-c2ccccc2Cl)C1. The quantitative estimate of drug-likeness (QED) is 0.728. The molecular weight excluding hydrogens is 365 g/mol. The smallest absolute Gasteiger partial charge is 0.123 e. The molecule has 0 radical (unpaired) electrons. The fourth-order valence-corrected chi connectivity index (χ4v) is 3.77. The van der Waals surface area contributed by atoms with Crippen molar-refractivity contribution in [1.82, 2.24) is 14.7 Å². The van der Waals surface area contributed by atoms with Gasteiger partial charge in [0.15, 0.2) is 0 Å². The molecule has 140 valence electrons. The molecule has 0 saturated carbocycles. The van der Waals surface area contributed by atoms with E-state index in [0.717, 1.165) is 41.9 Å². The van der Waals surface area contributed by atoms with Gasteiger partial charge in [0.2, 0.25) is 0 Å². The molecule has 4 nitrogen and oxygen atoms in total. The summed E-state index contributed by atoms with van der Waals surface area (Å²) >= 11 is 6.42. The first-order chi connectivity index (χ1) is 13.1. The van der Waals surface area contributed by atoms with E-state index in [0.29, 0.717) is 18.1 Å². The zero-order chi connectivity index (χ0) is 18.8. The third kappa shape index (κ3) is 4.05. The van der Waals surface area contributed by atoms with Crippen molar-refractivity contribution in [3.63, 3.8) is 0 Å². The number of aromatic nitrogens is 2. The third-order valence-electron chi connectivity index (χ3n) is 4.88. The molecule has 0 unspecified atom stereocenters. The number of nitrogens with zero attached hydrogens (tertiary/aromatic N) is 3. The Kier molecular flexibility index (Phi) is 5.25. The summed E-state index contributed by atoms with van der Waals surface area (Å²) < 4.78 is 15.0. The third-order valence-corrected chi connectivity index (χ3v) is 5.21. The lowest BCUT2D eigenvalue weighted by Crippen LogP contribution is -2.37. The minimum Gasteiger partial charge on any atom is -0.392 e. The summed E-state index contributed by atoms with van der Waals surface area (Å²) in [7, 11) is 0. The largest absolute Gasteiger partial charge is 0.392 e. The van der Waals surface area contributed by atoms with Gasteiger partial charge in [0.25, 0.3) is 0 Å². The van der Waals surface area contributed by atoms with Crippen molar-refractivity contribution >= 4 is 11.6 Å². The molecule has 0 amide bonds. The fourth-order valence-electron chi connectivity index (χ4n) is 3.55. The summed E-state index contributed by atoms with van der Waals surface area (Å²) in [5, 5.41) is 15.4. The molecule has 1 atom stereocenters. The summed E-state index contributed by atoms with van der Waals surface area (Å²) in [6.45, 7) is 2.28. The summed E-state index contributed by atoms with van der Waals surface area (Å²) in [6, 6.07) is 13.9. The summed E-state index contributed by atoms with van der Waals surface area (Å²) in [4.78, 5) is 2.24. The number of β-amino-alcohol motifs (C(OH)–C–C–N with tert-alkyl or cyclic N) is 1. The van der Waals surface area contributed by atoms with Gasteiger partial charge in [0, 0.05) is 30.4 Å². The number of hydrogen-bond donors (Lipinski definition) is 1. The number of aliphatic hydroxyl groups is 1. The Hall–Kier alpha value is -2.21. The van der Waals surface area contributed by atoms with Crippen LogP contribution in [-0.4, -0.2) is 39.0 Å². The van der Waals surface area contributed by atoms with E-state index in [1.54, 1.807) is 16.8 Å². The van der Waals surface area contributed by atoms with Crippen LogP contribution < -0.4 is 0 Å². The molecule has 2 heterocycles. The molecule has 3 aromatic rings. The first kappa shape index (κ1) is 18.2. The zero-order valence-electron chi connectivity index (χ0n) is 14.9. The molecular formula is C21H21ClFN3O. The van der Waals surface area contributed by atoms with E-state index in [1.807, 2.05) is 30.5 Å². The maximum atomic E-state index is 13.3. The predicted octanol–water partition coefficient (Wildman–Crippen LogP) is 4.29. The number of likely N-dealkylation sites (tertiary alicyclic amines) is 1. The monoisotopic (exact) mass is 385 g/mol. The second-order valence-corrected chi connectivity index (χ2v) is 7.34. The number of rotatable bonds is 4. The van der Waals surface area contributed by atoms with Gasteiger partial charge in [-0.1, -0.05) is 29.8 Å². The average molecular weight is 386 g/mol. The fraction of sp³-hybridized carbons (Fsp3) is 0.286. The first-order valence-electron chi connectivity index (χ1n) is 9.10. The number of benzene rings is 2. The van der Waals surface area contributed by atoms with Crippen LogP contribution in [0.15, 0.2) is 54.7 Å². The molecule has 1 aromatic heterocycles. The highest BCUT2D eigenvalue weighted by molar-refractivity contribution is 6.33. The van der Waals surface area contributed by atoms with Gasteiger partial charge in [-0.05, 0) is 49.7 Å². The van der Waals surface area contributed by atoms with Gasteiger partial charge in [-0.3, -0.25) is 4.90 Å². The van der Waals surface area contributed by atoms with Crippen molar-refractivity contribution in [2.24, 2.45) is 0 Å².